The van der Waals surface area contributed by atoms with Crippen molar-refractivity contribution in [2.45, 2.75) is 11.4 Å². The van der Waals surface area contributed by atoms with E-state index in [4.69, 9.17) is 0 Å². The van der Waals surface area contributed by atoms with Crippen LogP contribution in [0.15, 0.2) is 59.6 Å². The van der Waals surface area contributed by atoms with Gasteiger partial charge in [0.25, 0.3) is 5.91 Å². The highest BCUT2D eigenvalue weighted by Crippen LogP contribution is 2.39. The van der Waals surface area contributed by atoms with Crippen LogP contribution in [0.3, 0.4) is 0 Å². The molecule has 0 N–H and O–H groups in total. The van der Waals surface area contributed by atoms with Crippen molar-refractivity contribution in [1.29, 1.82) is 0 Å². The van der Waals surface area contributed by atoms with E-state index in [9.17, 15) is 18.0 Å². The number of rotatable bonds is 2. The molecule has 0 fully saturated rings. The maximum atomic E-state index is 12.8. The smallest absolute Gasteiger partial charge is 0.271 e. The summed E-state index contributed by atoms with van der Waals surface area (Å²) in [6.07, 6.45) is -4.41. The number of thioether (sulfide) groups is 1. The van der Waals surface area contributed by atoms with E-state index in [0.717, 1.165) is 17.7 Å². The minimum Gasteiger partial charge on any atom is -0.271 e. The number of amides is 1. The Balaban J connectivity index is 1.89. The molecule has 6 heteroatoms. The molecule has 0 aliphatic carbocycles. The van der Waals surface area contributed by atoms with Crippen LogP contribution in [-0.2, 0) is 11.0 Å². The molecule has 0 saturated carbocycles. The van der Waals surface area contributed by atoms with Crippen LogP contribution in [0.1, 0.15) is 21.9 Å². The number of carbonyl (C=O) groups is 1. The number of hydrogen-bond donors (Lipinski definition) is 0. The first kappa shape index (κ1) is 14.8. The van der Waals surface area contributed by atoms with Crippen molar-refractivity contribution in [1.82, 2.24) is 0 Å². The second-order valence-corrected chi connectivity index (χ2v) is 5.84. The van der Waals surface area contributed by atoms with E-state index in [1.54, 1.807) is 12.1 Å². The van der Waals surface area contributed by atoms with Crippen LogP contribution in [0.2, 0.25) is 0 Å². The fourth-order valence-electron chi connectivity index (χ4n) is 2.15. The molecule has 3 rings (SSSR count). The second-order valence-electron chi connectivity index (χ2n) is 4.74. The van der Waals surface area contributed by atoms with Crippen molar-refractivity contribution >= 4 is 22.7 Å². The van der Waals surface area contributed by atoms with Gasteiger partial charge in [0.1, 0.15) is 10.3 Å². The molecule has 22 heavy (non-hydrogen) atoms. The molecule has 1 atom stereocenters. The third-order valence-corrected chi connectivity index (χ3v) is 4.46. The summed E-state index contributed by atoms with van der Waals surface area (Å²) >= 11 is 1.18. The fraction of sp³-hybridized carbons (Fsp3) is 0.125. The Hall–Kier alpha value is -2.08. The molecule has 1 aliphatic heterocycles. The highest BCUT2D eigenvalue weighted by atomic mass is 32.2. The standard InChI is InChI=1S/C16H10F3NOS/c17-16(18,19)12-8-4-7-11(9-12)15-20-14(21)13(22-15)10-5-2-1-3-6-10/h1-9,13H. The van der Waals surface area contributed by atoms with E-state index in [-0.39, 0.29) is 5.91 Å². The predicted octanol–water partition coefficient (Wildman–Crippen LogP) is 4.47. The maximum absolute atomic E-state index is 12.8. The van der Waals surface area contributed by atoms with E-state index < -0.39 is 17.0 Å². The zero-order chi connectivity index (χ0) is 15.7. The Labute approximate surface area is 129 Å². The highest BCUT2D eigenvalue weighted by molar-refractivity contribution is 8.15. The van der Waals surface area contributed by atoms with Gasteiger partial charge >= 0.3 is 6.18 Å². The Kier molecular flexibility index (Phi) is 3.78. The van der Waals surface area contributed by atoms with Gasteiger partial charge in [-0.05, 0) is 17.7 Å². The molecular weight excluding hydrogens is 311 g/mol. The lowest BCUT2D eigenvalue weighted by molar-refractivity contribution is -0.137. The first-order valence-corrected chi connectivity index (χ1v) is 7.35. The lowest BCUT2D eigenvalue weighted by Crippen LogP contribution is -2.06. The van der Waals surface area contributed by atoms with E-state index in [0.29, 0.717) is 10.6 Å². The molecule has 0 radical (unpaired) electrons. The Morgan fingerprint density at radius 3 is 2.41 bits per heavy atom. The number of benzene rings is 2. The third-order valence-electron chi connectivity index (χ3n) is 3.20. The van der Waals surface area contributed by atoms with Crippen LogP contribution in [0, 0.1) is 0 Å². The molecule has 1 unspecified atom stereocenters. The number of nitrogens with zero attached hydrogens (tertiary/aromatic N) is 1. The van der Waals surface area contributed by atoms with Gasteiger partial charge in [-0.3, -0.25) is 4.79 Å². The van der Waals surface area contributed by atoms with Crippen molar-refractivity contribution in [3.05, 3.63) is 71.3 Å². The zero-order valence-corrected chi connectivity index (χ0v) is 12.0. The molecule has 2 aromatic carbocycles. The summed E-state index contributed by atoms with van der Waals surface area (Å²) in [4.78, 5) is 15.9. The van der Waals surface area contributed by atoms with Crippen molar-refractivity contribution in [2.24, 2.45) is 4.99 Å². The quantitative estimate of drug-likeness (QED) is 0.817. The van der Waals surface area contributed by atoms with Crippen LogP contribution < -0.4 is 0 Å². The van der Waals surface area contributed by atoms with Crippen LogP contribution in [0.4, 0.5) is 13.2 Å². The van der Waals surface area contributed by atoms with Gasteiger partial charge in [0.05, 0.1) is 5.56 Å². The molecule has 1 amide bonds. The van der Waals surface area contributed by atoms with Gasteiger partial charge in [0.2, 0.25) is 0 Å². The molecule has 0 aromatic heterocycles. The Bertz CT molecular complexity index is 741. The molecule has 2 nitrogen and oxygen atoms in total. The molecule has 112 valence electrons. The van der Waals surface area contributed by atoms with E-state index in [1.165, 1.54) is 23.9 Å². The summed E-state index contributed by atoms with van der Waals surface area (Å²) < 4.78 is 38.3. The predicted molar refractivity (Wildman–Crippen MR) is 79.8 cm³/mol. The number of carbonyl (C=O) groups excluding carboxylic acids is 1. The summed E-state index contributed by atoms with van der Waals surface area (Å²) in [5.41, 5.74) is 0.360. The Morgan fingerprint density at radius 2 is 1.73 bits per heavy atom. The van der Waals surface area contributed by atoms with Crippen molar-refractivity contribution in [3.63, 3.8) is 0 Å². The molecule has 1 aliphatic rings. The first-order valence-electron chi connectivity index (χ1n) is 6.47. The summed E-state index contributed by atoms with van der Waals surface area (Å²) in [7, 11) is 0. The summed E-state index contributed by atoms with van der Waals surface area (Å²) in [6.45, 7) is 0. The molecule has 0 saturated heterocycles. The lowest BCUT2D eigenvalue weighted by Gasteiger charge is -2.09. The normalized spacial score (nSPS) is 18.4. The summed E-state index contributed by atoms with van der Waals surface area (Å²) in [6, 6.07) is 13.9. The zero-order valence-electron chi connectivity index (χ0n) is 11.2. The third kappa shape index (κ3) is 2.92. The van der Waals surface area contributed by atoms with Gasteiger partial charge in [-0.1, -0.05) is 54.2 Å². The molecule has 0 bridgehead atoms. The average Bonchev–Trinajstić information content (AvgIpc) is 2.89. The summed E-state index contributed by atoms with van der Waals surface area (Å²) in [5.74, 6) is -0.344. The number of aliphatic imine (C=N–C) groups is 1. The topological polar surface area (TPSA) is 29.4 Å². The van der Waals surface area contributed by atoms with E-state index in [2.05, 4.69) is 4.99 Å². The van der Waals surface area contributed by atoms with Gasteiger partial charge in [-0.2, -0.15) is 13.2 Å². The van der Waals surface area contributed by atoms with Crippen LogP contribution in [0.5, 0.6) is 0 Å². The van der Waals surface area contributed by atoms with Gasteiger partial charge in [-0.15, -0.1) is 0 Å². The fourth-order valence-corrected chi connectivity index (χ4v) is 3.22. The van der Waals surface area contributed by atoms with Gasteiger partial charge in [0.15, 0.2) is 0 Å². The average molecular weight is 321 g/mol. The van der Waals surface area contributed by atoms with E-state index >= 15 is 0 Å². The molecule has 1 heterocycles. The van der Waals surface area contributed by atoms with Crippen LogP contribution in [0.25, 0.3) is 0 Å². The number of halogens is 3. The maximum Gasteiger partial charge on any atom is 0.416 e. The first-order chi connectivity index (χ1) is 10.4. The van der Waals surface area contributed by atoms with Crippen molar-refractivity contribution in [3.8, 4) is 0 Å². The minimum atomic E-state index is -4.41. The van der Waals surface area contributed by atoms with Crippen LogP contribution in [-0.4, -0.2) is 11.0 Å². The van der Waals surface area contributed by atoms with Crippen molar-refractivity contribution < 1.29 is 18.0 Å². The van der Waals surface area contributed by atoms with Crippen molar-refractivity contribution in [2.75, 3.05) is 0 Å². The highest BCUT2D eigenvalue weighted by Gasteiger charge is 2.33. The number of alkyl halides is 3. The SMILES string of the molecule is O=C1N=C(c2cccc(C(F)(F)F)c2)SC1c1ccccc1. The van der Waals surface area contributed by atoms with Gasteiger partial charge < -0.3 is 0 Å². The Morgan fingerprint density at radius 1 is 1.00 bits per heavy atom. The minimum absolute atomic E-state index is 0.312. The monoisotopic (exact) mass is 321 g/mol. The molecular formula is C16H10F3NOS. The van der Waals surface area contributed by atoms with Gasteiger partial charge in [-0.25, -0.2) is 4.99 Å². The largest absolute Gasteiger partial charge is 0.416 e. The van der Waals surface area contributed by atoms with Gasteiger partial charge in [0, 0.05) is 5.56 Å². The molecule has 2 aromatic rings. The number of hydrogen-bond acceptors (Lipinski definition) is 2. The molecule has 0 spiro atoms. The summed E-state index contributed by atoms with van der Waals surface area (Å²) in [5, 5.41) is -0.171. The van der Waals surface area contributed by atoms with Crippen LogP contribution >= 0.6 is 11.8 Å². The van der Waals surface area contributed by atoms with E-state index in [1.807, 2.05) is 18.2 Å². The lowest BCUT2D eigenvalue weighted by atomic mass is 10.1. The second kappa shape index (κ2) is 5.61.